The van der Waals surface area contributed by atoms with Crippen molar-refractivity contribution in [2.45, 2.75) is 37.9 Å². The third kappa shape index (κ3) is 4.67. The number of esters is 1. The normalized spacial score (nSPS) is 20.3. The van der Waals surface area contributed by atoms with Gasteiger partial charge in [-0.3, -0.25) is 4.79 Å². The maximum absolute atomic E-state index is 13.0. The van der Waals surface area contributed by atoms with E-state index in [1.54, 1.807) is 13.0 Å². The van der Waals surface area contributed by atoms with Gasteiger partial charge in [-0.1, -0.05) is 48.5 Å². The van der Waals surface area contributed by atoms with E-state index in [2.05, 4.69) is 17.4 Å². The molecule has 1 saturated heterocycles. The minimum Gasteiger partial charge on any atom is -0.462 e. The molecule has 0 radical (unpaired) electrons. The van der Waals surface area contributed by atoms with Crippen LogP contribution in [0.2, 0.25) is 0 Å². The number of rotatable bonds is 5. The summed E-state index contributed by atoms with van der Waals surface area (Å²) in [5.74, 6) is -0.0633. The first kappa shape index (κ1) is 25.2. The number of ether oxygens (including phenoxy) is 1. The zero-order valence-electron chi connectivity index (χ0n) is 21.2. The topological polar surface area (TPSA) is 55.4 Å². The highest BCUT2D eigenvalue weighted by Gasteiger charge is 2.45. The van der Waals surface area contributed by atoms with Crippen molar-refractivity contribution in [2.75, 3.05) is 6.61 Å². The fraction of sp³-hybridized carbons (Fsp3) is 0.250. The van der Waals surface area contributed by atoms with E-state index in [0.29, 0.717) is 11.1 Å². The molecule has 2 fully saturated rings. The number of fused-ring (bicyclic) bond motifs is 3. The molecule has 1 heterocycles. The summed E-state index contributed by atoms with van der Waals surface area (Å²) in [6.45, 7) is 1.99. The van der Waals surface area contributed by atoms with Gasteiger partial charge in [0.15, 0.2) is 0 Å². The number of hydrogen-bond donors (Lipinski definition) is 1. The van der Waals surface area contributed by atoms with Gasteiger partial charge in [-0.25, -0.2) is 4.79 Å². The van der Waals surface area contributed by atoms with Gasteiger partial charge in [0.1, 0.15) is 0 Å². The van der Waals surface area contributed by atoms with E-state index >= 15 is 0 Å². The van der Waals surface area contributed by atoms with E-state index in [4.69, 9.17) is 4.74 Å². The Morgan fingerprint density at radius 1 is 0.872 bits per heavy atom. The molecule has 2 aliphatic rings. The summed E-state index contributed by atoms with van der Waals surface area (Å²) in [4.78, 5) is 24.9. The second-order valence-corrected chi connectivity index (χ2v) is 10.3. The van der Waals surface area contributed by atoms with Crippen molar-refractivity contribution < 1.29 is 27.5 Å². The average Bonchev–Trinajstić information content (AvgIpc) is 3.52. The summed E-state index contributed by atoms with van der Waals surface area (Å²) in [7, 11) is 0. The molecule has 1 aliphatic heterocycles. The van der Waals surface area contributed by atoms with E-state index in [0.717, 1.165) is 58.0 Å². The van der Waals surface area contributed by atoms with Gasteiger partial charge in [-0.2, -0.15) is 13.2 Å². The van der Waals surface area contributed by atoms with Gasteiger partial charge in [0.25, 0.3) is 0 Å². The first-order valence-electron chi connectivity index (χ1n) is 13.0. The summed E-state index contributed by atoms with van der Waals surface area (Å²) >= 11 is 0. The van der Waals surface area contributed by atoms with Crippen LogP contribution in [0.4, 0.5) is 13.2 Å². The molecule has 7 heteroatoms. The van der Waals surface area contributed by atoms with Crippen LogP contribution in [0.1, 0.15) is 47.2 Å². The smallest absolute Gasteiger partial charge is 0.416 e. The molecule has 3 atom stereocenters. The summed E-state index contributed by atoms with van der Waals surface area (Å²) in [5.41, 5.74) is 4.00. The Kier molecular flexibility index (Phi) is 6.17. The van der Waals surface area contributed by atoms with E-state index in [9.17, 15) is 22.8 Å². The molecule has 4 aromatic rings. The van der Waals surface area contributed by atoms with Crippen molar-refractivity contribution in [1.29, 1.82) is 0 Å². The molecule has 1 N–H and O–H groups in total. The first-order chi connectivity index (χ1) is 18.7. The lowest BCUT2D eigenvalue weighted by Gasteiger charge is -2.22. The van der Waals surface area contributed by atoms with Crippen molar-refractivity contribution in [3.8, 4) is 22.3 Å². The predicted molar refractivity (Wildman–Crippen MR) is 143 cm³/mol. The van der Waals surface area contributed by atoms with Crippen molar-refractivity contribution in [3.63, 3.8) is 0 Å². The van der Waals surface area contributed by atoms with Crippen LogP contribution in [0.15, 0.2) is 78.9 Å². The highest BCUT2D eigenvalue weighted by Crippen LogP contribution is 2.44. The Balaban J connectivity index is 1.39. The molecule has 6 rings (SSSR count). The number of nitrogens with one attached hydrogen (secondary N) is 1. The first-order valence-corrected chi connectivity index (χ1v) is 13.0. The van der Waals surface area contributed by atoms with Gasteiger partial charge in [0.05, 0.1) is 17.7 Å². The number of carbonyl (C=O) groups is 2. The molecule has 0 unspecified atom stereocenters. The molecule has 1 saturated carbocycles. The molecule has 1 amide bonds. The number of carbonyl (C=O) groups excluding carboxylic acids is 2. The molecule has 4 aromatic carbocycles. The second-order valence-electron chi connectivity index (χ2n) is 10.3. The third-order valence-corrected chi connectivity index (χ3v) is 7.90. The Hall–Kier alpha value is -4.13. The number of hydrogen-bond acceptors (Lipinski definition) is 3. The molecule has 0 aromatic heterocycles. The van der Waals surface area contributed by atoms with Gasteiger partial charge in [-0.05, 0) is 94.6 Å². The predicted octanol–water partition coefficient (Wildman–Crippen LogP) is 7.36. The number of halogens is 3. The highest BCUT2D eigenvalue weighted by atomic mass is 19.4. The summed E-state index contributed by atoms with van der Waals surface area (Å²) in [6, 6.07) is 22.7. The zero-order chi connectivity index (χ0) is 27.3. The van der Waals surface area contributed by atoms with Gasteiger partial charge in [0.2, 0.25) is 5.91 Å². The molecule has 39 heavy (non-hydrogen) atoms. The van der Waals surface area contributed by atoms with Gasteiger partial charge in [0, 0.05) is 12.0 Å². The number of benzene rings is 4. The maximum Gasteiger partial charge on any atom is 0.416 e. The molecule has 4 nitrogen and oxygen atoms in total. The van der Waals surface area contributed by atoms with Crippen molar-refractivity contribution in [3.05, 3.63) is 95.6 Å². The fourth-order valence-corrected chi connectivity index (χ4v) is 6.00. The molecule has 1 aliphatic carbocycles. The van der Waals surface area contributed by atoms with Gasteiger partial charge >= 0.3 is 12.1 Å². The number of piperidine rings is 1. The van der Waals surface area contributed by atoms with Crippen LogP contribution in [0.5, 0.6) is 0 Å². The zero-order valence-corrected chi connectivity index (χ0v) is 21.2. The van der Waals surface area contributed by atoms with Crippen molar-refractivity contribution >= 4 is 22.6 Å². The van der Waals surface area contributed by atoms with Crippen molar-refractivity contribution in [1.82, 2.24) is 5.32 Å². The van der Waals surface area contributed by atoms with Crippen LogP contribution in [-0.4, -0.2) is 24.5 Å². The number of amides is 1. The van der Waals surface area contributed by atoms with E-state index in [1.807, 2.05) is 36.4 Å². The standard InChI is InChI=1S/C32H26F3NO3/c1-2-39-31(38)23-14-22-13-21(18-7-10-24(11-8-18)32(33,34)35)9-12-26(22)27(15-23)19-3-5-20(6-4-19)28-16-25-17-29(28)30(37)36-25/h3-15,25,28-29H,2,16-17H2,1H3,(H,36,37)/t25-,28+,29-/m1/s1. The van der Waals surface area contributed by atoms with E-state index in [1.165, 1.54) is 12.1 Å². The highest BCUT2D eigenvalue weighted by molar-refractivity contribution is 6.04. The Bertz CT molecular complexity index is 1580. The SMILES string of the molecule is CCOC(=O)c1cc(-c2ccc([C@@H]3C[C@@H]4C[C@H]3C(=O)N4)cc2)c2ccc(-c3ccc(C(F)(F)F)cc3)cc2c1. The minimum absolute atomic E-state index is 0.0254. The molecular weight excluding hydrogens is 503 g/mol. The van der Waals surface area contributed by atoms with Crippen molar-refractivity contribution in [2.24, 2.45) is 5.92 Å². The number of alkyl halides is 3. The third-order valence-electron chi connectivity index (χ3n) is 7.90. The lowest BCUT2D eigenvalue weighted by atomic mass is 9.86. The lowest BCUT2D eigenvalue weighted by Crippen LogP contribution is -2.34. The second kappa shape index (κ2) is 9.56. The quantitative estimate of drug-likeness (QED) is 0.275. The molecule has 0 spiro atoms. The monoisotopic (exact) mass is 529 g/mol. The Morgan fingerprint density at radius 2 is 1.54 bits per heavy atom. The average molecular weight is 530 g/mol. The van der Waals surface area contributed by atoms with Crippen LogP contribution < -0.4 is 5.32 Å². The molecular formula is C32H26F3NO3. The molecule has 198 valence electrons. The fourth-order valence-electron chi connectivity index (χ4n) is 6.00. The minimum atomic E-state index is -4.40. The Labute approximate surface area is 223 Å². The van der Waals surface area contributed by atoms with Gasteiger partial charge < -0.3 is 10.1 Å². The van der Waals surface area contributed by atoms with Crippen LogP contribution in [0, 0.1) is 5.92 Å². The van der Waals surface area contributed by atoms with Crippen LogP contribution in [-0.2, 0) is 15.7 Å². The Morgan fingerprint density at radius 3 is 2.18 bits per heavy atom. The lowest BCUT2D eigenvalue weighted by molar-refractivity contribution is -0.137. The molecule has 2 bridgehead atoms. The van der Waals surface area contributed by atoms with Crippen LogP contribution in [0.3, 0.4) is 0 Å². The summed E-state index contributed by atoms with van der Waals surface area (Å²) in [6.07, 6.45) is -2.56. The largest absolute Gasteiger partial charge is 0.462 e. The van der Waals surface area contributed by atoms with E-state index < -0.39 is 17.7 Å². The van der Waals surface area contributed by atoms with Crippen LogP contribution in [0.25, 0.3) is 33.0 Å². The van der Waals surface area contributed by atoms with Gasteiger partial charge in [-0.15, -0.1) is 0 Å². The maximum atomic E-state index is 13.0. The van der Waals surface area contributed by atoms with Crippen LogP contribution >= 0.6 is 0 Å². The summed E-state index contributed by atoms with van der Waals surface area (Å²) in [5, 5.41) is 4.72. The van der Waals surface area contributed by atoms with E-state index in [-0.39, 0.29) is 30.4 Å². The summed E-state index contributed by atoms with van der Waals surface area (Å²) < 4.78 is 44.3.